The van der Waals surface area contributed by atoms with Gasteiger partial charge in [-0.3, -0.25) is 4.79 Å². The van der Waals surface area contributed by atoms with E-state index in [0.29, 0.717) is 11.7 Å². The minimum Gasteiger partial charge on any atom is -0.361 e. The van der Waals surface area contributed by atoms with Crippen LogP contribution >= 0.6 is 11.8 Å². The number of carbonyl (C=O) groups is 1. The Morgan fingerprint density at radius 1 is 1.52 bits per heavy atom. The van der Waals surface area contributed by atoms with Gasteiger partial charge in [0.25, 0.3) is 0 Å². The van der Waals surface area contributed by atoms with Gasteiger partial charge >= 0.3 is 0 Å². The number of amides is 1. The third-order valence-electron chi connectivity index (χ3n) is 4.02. The van der Waals surface area contributed by atoms with E-state index in [0.717, 1.165) is 48.8 Å². The number of thioether (sulfide) groups is 1. The van der Waals surface area contributed by atoms with E-state index in [1.807, 2.05) is 25.8 Å². The van der Waals surface area contributed by atoms with Gasteiger partial charge in [0.2, 0.25) is 5.91 Å². The maximum absolute atomic E-state index is 12.3. The van der Waals surface area contributed by atoms with Gasteiger partial charge < -0.3 is 14.7 Å². The van der Waals surface area contributed by atoms with E-state index >= 15 is 0 Å². The molecule has 0 bridgehead atoms. The van der Waals surface area contributed by atoms with Crippen molar-refractivity contribution in [3.8, 4) is 0 Å². The molecule has 1 aromatic rings. The van der Waals surface area contributed by atoms with Crippen LogP contribution in [0.15, 0.2) is 4.52 Å². The molecule has 0 aliphatic carbocycles. The molecule has 1 fully saturated rings. The number of hydrogen-bond acceptors (Lipinski definition) is 5. The number of nitrogens with zero attached hydrogens (tertiary/aromatic N) is 2. The Labute approximate surface area is 130 Å². The second kappa shape index (κ2) is 7.84. The van der Waals surface area contributed by atoms with Crippen LogP contribution in [0, 0.1) is 19.8 Å². The number of piperidine rings is 1. The lowest BCUT2D eigenvalue weighted by Gasteiger charge is -2.32. The molecule has 1 unspecified atom stereocenters. The van der Waals surface area contributed by atoms with Crippen LogP contribution in [0.4, 0.5) is 0 Å². The molecular formula is C15H25N3O2S. The predicted molar refractivity (Wildman–Crippen MR) is 85.4 cm³/mol. The zero-order valence-electron chi connectivity index (χ0n) is 13.1. The summed E-state index contributed by atoms with van der Waals surface area (Å²) >= 11 is 1.65. The first-order chi connectivity index (χ1) is 10.1. The molecule has 2 rings (SSSR count). The minimum absolute atomic E-state index is 0.257. The average molecular weight is 311 g/mol. The van der Waals surface area contributed by atoms with Crippen LogP contribution in [0.5, 0.6) is 0 Å². The van der Waals surface area contributed by atoms with Crippen molar-refractivity contribution in [2.45, 2.75) is 32.4 Å². The van der Waals surface area contributed by atoms with E-state index in [1.165, 1.54) is 6.42 Å². The molecule has 1 N–H and O–H groups in total. The number of aromatic nitrogens is 1. The highest BCUT2D eigenvalue weighted by Gasteiger charge is 2.23. The Morgan fingerprint density at radius 3 is 3.00 bits per heavy atom. The molecule has 1 atom stereocenters. The predicted octanol–water partition coefficient (Wildman–Crippen LogP) is 1.98. The number of nitrogens with one attached hydrogen (secondary N) is 1. The maximum Gasteiger partial charge on any atom is 0.232 e. The van der Waals surface area contributed by atoms with Crippen LogP contribution in [-0.4, -0.2) is 48.4 Å². The van der Waals surface area contributed by atoms with Gasteiger partial charge in [-0.15, -0.1) is 11.8 Å². The number of likely N-dealkylation sites (tertiary alicyclic amines) is 1. The molecule has 0 saturated carbocycles. The van der Waals surface area contributed by atoms with Crippen LogP contribution in [0.1, 0.15) is 29.9 Å². The van der Waals surface area contributed by atoms with E-state index in [9.17, 15) is 4.79 Å². The number of hydrogen-bond donors (Lipinski definition) is 1. The summed E-state index contributed by atoms with van der Waals surface area (Å²) in [4.78, 5) is 14.3. The Bertz CT molecular complexity index is 454. The zero-order chi connectivity index (χ0) is 15.2. The SMILES string of the molecule is CNCC1CCCN(C(=O)CSCc2c(C)noc2C)C1. The van der Waals surface area contributed by atoms with Crippen LogP contribution < -0.4 is 5.32 Å². The maximum atomic E-state index is 12.3. The van der Waals surface area contributed by atoms with Gasteiger partial charge in [0, 0.05) is 24.4 Å². The minimum atomic E-state index is 0.257. The Balaban J connectivity index is 1.76. The third-order valence-corrected chi connectivity index (χ3v) is 4.96. The summed E-state index contributed by atoms with van der Waals surface area (Å²) in [5.41, 5.74) is 2.05. The van der Waals surface area contributed by atoms with Crippen LogP contribution in [0.3, 0.4) is 0 Å². The molecular weight excluding hydrogens is 286 g/mol. The molecule has 0 radical (unpaired) electrons. The van der Waals surface area contributed by atoms with Crippen molar-refractivity contribution >= 4 is 17.7 Å². The number of carbonyl (C=O) groups excluding carboxylic acids is 1. The zero-order valence-corrected chi connectivity index (χ0v) is 14.0. The lowest BCUT2D eigenvalue weighted by atomic mass is 9.98. The van der Waals surface area contributed by atoms with E-state index in [-0.39, 0.29) is 5.91 Å². The monoisotopic (exact) mass is 311 g/mol. The van der Waals surface area contributed by atoms with Crippen LogP contribution in [0.25, 0.3) is 0 Å². The molecule has 1 aromatic heterocycles. The first-order valence-corrected chi connectivity index (χ1v) is 8.69. The molecule has 2 heterocycles. The topological polar surface area (TPSA) is 58.4 Å². The standard InChI is InChI=1S/C15H25N3O2S/c1-11-14(12(2)20-17-11)9-21-10-15(19)18-6-4-5-13(8-18)7-16-3/h13,16H,4-10H2,1-3H3. The highest BCUT2D eigenvalue weighted by molar-refractivity contribution is 7.99. The summed E-state index contributed by atoms with van der Waals surface area (Å²) in [6.45, 7) is 6.67. The average Bonchev–Trinajstić information content (AvgIpc) is 2.79. The summed E-state index contributed by atoms with van der Waals surface area (Å²) in [7, 11) is 1.97. The highest BCUT2D eigenvalue weighted by Crippen LogP contribution is 2.21. The van der Waals surface area contributed by atoms with Crippen LogP contribution in [0.2, 0.25) is 0 Å². The van der Waals surface area contributed by atoms with Crippen LogP contribution in [-0.2, 0) is 10.5 Å². The molecule has 5 nitrogen and oxygen atoms in total. The van der Waals surface area contributed by atoms with Crippen molar-refractivity contribution in [1.82, 2.24) is 15.4 Å². The Morgan fingerprint density at radius 2 is 2.33 bits per heavy atom. The number of aryl methyl sites for hydroxylation is 2. The van der Waals surface area contributed by atoms with E-state index in [4.69, 9.17) is 4.52 Å². The van der Waals surface area contributed by atoms with Gasteiger partial charge in [-0.2, -0.15) is 0 Å². The van der Waals surface area contributed by atoms with E-state index in [2.05, 4.69) is 10.5 Å². The van der Waals surface area contributed by atoms with Crippen molar-refractivity contribution in [3.63, 3.8) is 0 Å². The van der Waals surface area contributed by atoms with Crippen molar-refractivity contribution in [2.24, 2.45) is 5.92 Å². The normalized spacial score (nSPS) is 19.0. The Kier molecular flexibility index (Phi) is 6.11. The van der Waals surface area contributed by atoms with E-state index in [1.54, 1.807) is 11.8 Å². The van der Waals surface area contributed by atoms with Gasteiger partial charge in [-0.1, -0.05) is 5.16 Å². The third kappa shape index (κ3) is 4.48. The summed E-state index contributed by atoms with van der Waals surface area (Å²) in [5.74, 6) is 3.05. The highest BCUT2D eigenvalue weighted by atomic mass is 32.2. The van der Waals surface area contributed by atoms with Gasteiger partial charge in [-0.25, -0.2) is 0 Å². The number of rotatable bonds is 6. The lowest BCUT2D eigenvalue weighted by Crippen LogP contribution is -2.43. The van der Waals surface area contributed by atoms with Crippen molar-refractivity contribution in [3.05, 3.63) is 17.0 Å². The first kappa shape index (κ1) is 16.4. The Hall–Kier alpha value is -1.01. The largest absolute Gasteiger partial charge is 0.361 e. The second-order valence-corrected chi connectivity index (χ2v) is 6.69. The van der Waals surface area contributed by atoms with Gasteiger partial charge in [0.05, 0.1) is 11.4 Å². The molecule has 118 valence electrons. The molecule has 1 aliphatic heterocycles. The van der Waals surface area contributed by atoms with Gasteiger partial charge in [0.15, 0.2) is 0 Å². The molecule has 1 amide bonds. The molecule has 21 heavy (non-hydrogen) atoms. The quantitative estimate of drug-likeness (QED) is 0.870. The van der Waals surface area contributed by atoms with Gasteiger partial charge in [-0.05, 0) is 46.2 Å². The van der Waals surface area contributed by atoms with Crippen molar-refractivity contribution in [1.29, 1.82) is 0 Å². The first-order valence-electron chi connectivity index (χ1n) is 7.53. The molecule has 0 aromatic carbocycles. The summed E-state index contributed by atoms with van der Waals surface area (Å²) in [6, 6.07) is 0. The summed E-state index contributed by atoms with van der Waals surface area (Å²) < 4.78 is 5.14. The molecule has 1 aliphatic rings. The van der Waals surface area contributed by atoms with Gasteiger partial charge in [0.1, 0.15) is 5.76 Å². The summed E-state index contributed by atoms with van der Waals surface area (Å²) in [5, 5.41) is 7.15. The molecule has 6 heteroatoms. The second-order valence-electron chi connectivity index (χ2n) is 5.70. The fourth-order valence-electron chi connectivity index (χ4n) is 2.79. The fourth-order valence-corrected chi connectivity index (χ4v) is 3.86. The molecule has 1 saturated heterocycles. The fraction of sp³-hybridized carbons (Fsp3) is 0.733. The van der Waals surface area contributed by atoms with Crippen molar-refractivity contribution < 1.29 is 9.32 Å². The van der Waals surface area contributed by atoms with Crippen molar-refractivity contribution in [2.75, 3.05) is 32.4 Å². The molecule has 0 spiro atoms. The van der Waals surface area contributed by atoms with E-state index < -0.39 is 0 Å². The summed E-state index contributed by atoms with van der Waals surface area (Å²) in [6.07, 6.45) is 2.34. The smallest absolute Gasteiger partial charge is 0.232 e. The lowest BCUT2D eigenvalue weighted by molar-refractivity contribution is -0.130.